The van der Waals surface area contributed by atoms with Gasteiger partial charge in [-0.2, -0.15) is 0 Å². The van der Waals surface area contributed by atoms with Crippen molar-refractivity contribution in [2.24, 2.45) is 0 Å². The number of hydrogen-bond donors (Lipinski definition) is 2. The quantitative estimate of drug-likeness (QED) is 0.383. The van der Waals surface area contributed by atoms with Gasteiger partial charge in [-0.05, 0) is 49.2 Å². The van der Waals surface area contributed by atoms with Gasteiger partial charge in [0.15, 0.2) is 5.76 Å². The van der Waals surface area contributed by atoms with E-state index in [-0.39, 0.29) is 17.7 Å². The van der Waals surface area contributed by atoms with Crippen molar-refractivity contribution in [2.75, 3.05) is 10.6 Å². The van der Waals surface area contributed by atoms with Crippen LogP contribution >= 0.6 is 11.3 Å². The van der Waals surface area contributed by atoms with E-state index < -0.39 is 0 Å². The molecular formula is C24H23N3O2S. The number of furan rings is 1. The molecule has 6 heteroatoms. The van der Waals surface area contributed by atoms with Crippen molar-refractivity contribution in [1.82, 2.24) is 4.98 Å². The Morgan fingerprint density at radius 2 is 1.93 bits per heavy atom. The zero-order chi connectivity index (χ0) is 20.9. The molecule has 3 aromatic heterocycles. The molecule has 5 nitrogen and oxygen atoms in total. The van der Waals surface area contributed by atoms with Crippen LogP contribution in [0.25, 0.3) is 0 Å². The number of aryl methyl sites for hydroxylation is 2. The summed E-state index contributed by atoms with van der Waals surface area (Å²) in [6.45, 7) is 4.08. The van der Waals surface area contributed by atoms with E-state index in [0.717, 1.165) is 34.1 Å². The number of nitrogens with zero attached hydrogens (tertiary/aromatic N) is 1. The highest BCUT2D eigenvalue weighted by molar-refractivity contribution is 7.16. The van der Waals surface area contributed by atoms with Crippen molar-refractivity contribution in [3.8, 4) is 0 Å². The highest BCUT2D eigenvalue weighted by Crippen LogP contribution is 2.38. The van der Waals surface area contributed by atoms with Crippen molar-refractivity contribution < 1.29 is 9.21 Å². The molecule has 0 aliphatic heterocycles. The third-order valence-electron chi connectivity index (χ3n) is 4.76. The number of aromatic nitrogens is 1. The van der Waals surface area contributed by atoms with Crippen molar-refractivity contribution >= 4 is 28.1 Å². The molecule has 0 spiro atoms. The average Bonchev–Trinajstić information content (AvgIpc) is 3.43. The number of amides is 1. The fourth-order valence-corrected chi connectivity index (χ4v) is 4.31. The molecule has 0 aliphatic carbocycles. The zero-order valence-electron chi connectivity index (χ0n) is 16.9. The summed E-state index contributed by atoms with van der Waals surface area (Å²) in [6, 6.07) is 21.5. The van der Waals surface area contributed by atoms with Gasteiger partial charge >= 0.3 is 0 Å². The Morgan fingerprint density at radius 3 is 2.63 bits per heavy atom. The highest BCUT2D eigenvalue weighted by atomic mass is 32.1. The first-order valence-corrected chi connectivity index (χ1v) is 10.7. The Labute approximate surface area is 179 Å². The van der Waals surface area contributed by atoms with E-state index in [1.165, 1.54) is 11.1 Å². The minimum atomic E-state index is -0.258. The summed E-state index contributed by atoms with van der Waals surface area (Å²) < 4.78 is 5.26. The topological polar surface area (TPSA) is 67.2 Å². The fraction of sp³-hybridized carbons (Fsp3) is 0.167. The van der Waals surface area contributed by atoms with Gasteiger partial charge in [0.05, 0.1) is 12.3 Å². The van der Waals surface area contributed by atoms with Crippen LogP contribution in [0.3, 0.4) is 0 Å². The third-order valence-corrected chi connectivity index (χ3v) is 5.97. The summed E-state index contributed by atoms with van der Waals surface area (Å²) in [5.74, 6) is 0.819. The molecular weight excluding hydrogens is 394 g/mol. The maximum atomic E-state index is 12.7. The Kier molecular flexibility index (Phi) is 5.95. The van der Waals surface area contributed by atoms with Crippen molar-refractivity contribution in [2.45, 2.75) is 26.3 Å². The minimum absolute atomic E-state index is 0.163. The number of thiophene rings is 1. The smallest absolute Gasteiger partial charge is 0.291 e. The standard InChI is InChI=1S/C24H23N3O2S/c1-3-18-15-19(24(30-18)27-23(28)20-12-8-14-29-20)22(17-10-5-4-6-11-17)26-21-13-7-9-16(2)25-21/h4-15,22H,3H2,1-2H3,(H,25,26)(H,27,28)/t22-/m0/s1. The van der Waals surface area contributed by atoms with E-state index in [4.69, 9.17) is 4.42 Å². The van der Waals surface area contributed by atoms with E-state index in [1.54, 1.807) is 23.5 Å². The van der Waals surface area contributed by atoms with Crippen LogP contribution in [0.15, 0.2) is 77.4 Å². The molecule has 4 rings (SSSR count). The molecule has 1 aromatic carbocycles. The van der Waals surface area contributed by atoms with E-state index in [2.05, 4.69) is 40.7 Å². The SMILES string of the molecule is CCc1cc([C@@H](Nc2cccc(C)n2)c2ccccc2)c(NC(=O)c2ccco2)s1. The van der Waals surface area contributed by atoms with Crippen LogP contribution in [0, 0.1) is 6.92 Å². The van der Waals surface area contributed by atoms with Crippen molar-refractivity contribution in [3.05, 3.63) is 100 Å². The van der Waals surface area contributed by atoms with Gasteiger partial charge in [0.2, 0.25) is 0 Å². The third kappa shape index (κ3) is 4.44. The van der Waals surface area contributed by atoms with Gasteiger partial charge in [-0.25, -0.2) is 4.98 Å². The van der Waals surface area contributed by atoms with Crippen LogP contribution in [0.2, 0.25) is 0 Å². The number of rotatable bonds is 7. The predicted octanol–water partition coefficient (Wildman–Crippen LogP) is 6.06. The Morgan fingerprint density at radius 1 is 1.10 bits per heavy atom. The van der Waals surface area contributed by atoms with Gasteiger partial charge in [0.1, 0.15) is 10.8 Å². The summed E-state index contributed by atoms with van der Waals surface area (Å²) >= 11 is 1.59. The summed E-state index contributed by atoms with van der Waals surface area (Å²) in [7, 11) is 0. The maximum Gasteiger partial charge on any atom is 0.291 e. The Bertz CT molecular complexity index is 1120. The lowest BCUT2D eigenvalue weighted by Crippen LogP contribution is -2.17. The number of carbonyl (C=O) groups is 1. The number of pyridine rings is 1. The zero-order valence-corrected chi connectivity index (χ0v) is 17.7. The van der Waals surface area contributed by atoms with Gasteiger partial charge in [-0.1, -0.05) is 43.3 Å². The second kappa shape index (κ2) is 8.97. The number of nitrogens with one attached hydrogen (secondary N) is 2. The first-order chi connectivity index (χ1) is 14.6. The lowest BCUT2D eigenvalue weighted by molar-refractivity contribution is 0.0997. The van der Waals surface area contributed by atoms with Crippen LogP contribution in [0.5, 0.6) is 0 Å². The molecule has 4 aromatic rings. The molecule has 2 N–H and O–H groups in total. The maximum absolute atomic E-state index is 12.7. The van der Waals surface area contributed by atoms with Gasteiger partial charge in [-0.15, -0.1) is 11.3 Å². The molecule has 0 radical (unpaired) electrons. The molecule has 3 heterocycles. The first-order valence-electron chi connectivity index (χ1n) is 9.86. The van der Waals surface area contributed by atoms with Gasteiger partial charge in [0.25, 0.3) is 5.91 Å². The van der Waals surface area contributed by atoms with Crippen molar-refractivity contribution in [1.29, 1.82) is 0 Å². The van der Waals surface area contributed by atoms with Crippen LogP contribution in [0.4, 0.5) is 10.8 Å². The molecule has 0 bridgehead atoms. The Hall–Kier alpha value is -3.38. The second-order valence-corrected chi connectivity index (χ2v) is 8.07. The predicted molar refractivity (Wildman–Crippen MR) is 121 cm³/mol. The molecule has 30 heavy (non-hydrogen) atoms. The highest BCUT2D eigenvalue weighted by Gasteiger charge is 2.23. The fourth-order valence-electron chi connectivity index (χ4n) is 3.27. The second-order valence-electron chi connectivity index (χ2n) is 6.93. The molecule has 0 saturated carbocycles. The molecule has 152 valence electrons. The number of carbonyl (C=O) groups excluding carboxylic acids is 1. The van der Waals surface area contributed by atoms with Gasteiger partial charge in [-0.3, -0.25) is 4.79 Å². The van der Waals surface area contributed by atoms with Crippen LogP contribution in [-0.2, 0) is 6.42 Å². The molecule has 0 saturated heterocycles. The summed E-state index contributed by atoms with van der Waals surface area (Å²) in [5, 5.41) is 7.41. The largest absolute Gasteiger partial charge is 0.459 e. The van der Waals surface area contributed by atoms with E-state index in [9.17, 15) is 4.79 Å². The summed E-state index contributed by atoms with van der Waals surface area (Å²) in [4.78, 5) is 18.5. The van der Waals surface area contributed by atoms with Gasteiger partial charge in [0, 0.05) is 16.1 Å². The Balaban J connectivity index is 1.74. The monoisotopic (exact) mass is 417 g/mol. The van der Waals surface area contributed by atoms with E-state index >= 15 is 0 Å². The molecule has 0 fully saturated rings. The normalized spacial score (nSPS) is 11.8. The van der Waals surface area contributed by atoms with E-state index in [1.807, 2.05) is 43.3 Å². The summed E-state index contributed by atoms with van der Waals surface area (Å²) in [6.07, 6.45) is 2.39. The van der Waals surface area contributed by atoms with Crippen LogP contribution < -0.4 is 10.6 Å². The van der Waals surface area contributed by atoms with Crippen LogP contribution in [-0.4, -0.2) is 10.9 Å². The molecule has 1 atom stereocenters. The molecule has 1 amide bonds. The number of anilines is 2. The number of hydrogen-bond acceptors (Lipinski definition) is 5. The lowest BCUT2D eigenvalue weighted by atomic mass is 9.99. The lowest BCUT2D eigenvalue weighted by Gasteiger charge is -2.21. The number of benzene rings is 1. The van der Waals surface area contributed by atoms with Crippen molar-refractivity contribution in [3.63, 3.8) is 0 Å². The van der Waals surface area contributed by atoms with Gasteiger partial charge < -0.3 is 15.1 Å². The summed E-state index contributed by atoms with van der Waals surface area (Å²) in [5.41, 5.74) is 3.04. The minimum Gasteiger partial charge on any atom is -0.459 e. The first kappa shape index (κ1) is 19.9. The molecule has 0 aliphatic rings. The average molecular weight is 418 g/mol. The molecule has 0 unspecified atom stereocenters. The van der Waals surface area contributed by atoms with E-state index in [0.29, 0.717) is 0 Å². The van der Waals surface area contributed by atoms with Crippen LogP contribution in [0.1, 0.15) is 45.2 Å².